The summed E-state index contributed by atoms with van der Waals surface area (Å²) in [6.07, 6.45) is 3.57. The van der Waals surface area contributed by atoms with E-state index in [1.54, 1.807) is 12.1 Å². The van der Waals surface area contributed by atoms with Gasteiger partial charge in [0.25, 0.3) is 25.9 Å². The highest BCUT2D eigenvalue weighted by Gasteiger charge is 2.32. The summed E-state index contributed by atoms with van der Waals surface area (Å²) in [7, 11) is 0. The Morgan fingerprint density at radius 2 is 0.894 bits per heavy atom. The van der Waals surface area contributed by atoms with E-state index in [2.05, 4.69) is 26.6 Å². The molecule has 0 aliphatic carbocycles. The molecule has 0 saturated heterocycles. The lowest BCUT2D eigenvalue weighted by molar-refractivity contribution is -0.140. The number of phenols is 1. The normalized spacial score (nSPS) is 11.3. The molecule has 16 N–H and O–H groups in total. The first-order valence-electron chi connectivity index (χ1n) is 27.2. The fraction of sp³-hybridized carbons (Fsp3) is 0.317. The SMILES string of the molecule is NCCCC[C@H](NC(=O)[C@H](Cc1ccc(O)cc1)NC(=O)CCCNc1c2ccccc2nc2ccccc12)C(=O)N[C@@H](CCCCN)C(=O)N(CCCNc1c2ccccc2nc2ccccc12)CC(N)=O.O=CO.O=CO.O=CO.O=CO. The van der Waals surface area contributed by atoms with Crippen LogP contribution in [0.1, 0.15) is 63.4 Å². The largest absolute Gasteiger partial charge is 0.508 e. The summed E-state index contributed by atoms with van der Waals surface area (Å²) in [6, 6.07) is 34.4. The van der Waals surface area contributed by atoms with Crippen molar-refractivity contribution in [2.24, 2.45) is 17.2 Å². The molecule has 0 aliphatic rings. The quantitative estimate of drug-likeness (QED) is 0.0182. The third-order valence-electron chi connectivity index (χ3n) is 12.8. The molecule has 7 aromatic rings. The number of benzene rings is 5. The van der Waals surface area contributed by atoms with Gasteiger partial charge in [0.2, 0.25) is 29.5 Å². The van der Waals surface area contributed by atoms with E-state index in [9.17, 15) is 29.1 Å². The predicted octanol–water partition coefficient (Wildman–Crippen LogP) is 4.56. The number of aromatic hydroxyl groups is 1. The van der Waals surface area contributed by atoms with Gasteiger partial charge < -0.3 is 74.2 Å². The molecule has 0 spiro atoms. The Kier molecular flexibility index (Phi) is 32.1. The number of fused-ring (bicyclic) bond motifs is 4. The number of carboxylic acid groups (broad SMARTS) is 4. The predicted molar refractivity (Wildman–Crippen MR) is 323 cm³/mol. The van der Waals surface area contributed by atoms with Gasteiger partial charge in [0.15, 0.2) is 0 Å². The number of nitrogens with zero attached hydrogens (tertiary/aromatic N) is 3. The number of phenolic OH excluding ortho intramolecular Hbond substituents is 1. The molecule has 5 amide bonds. The first-order valence-corrected chi connectivity index (χ1v) is 27.2. The van der Waals surface area contributed by atoms with Crippen molar-refractivity contribution in [2.75, 3.05) is 49.9 Å². The number of unbranched alkanes of at least 4 members (excludes halogenated alkanes) is 2. The molecule has 3 atom stereocenters. The van der Waals surface area contributed by atoms with Crippen molar-refractivity contribution < 1.29 is 68.7 Å². The van der Waals surface area contributed by atoms with Crippen LogP contribution in [0.15, 0.2) is 121 Å². The lowest BCUT2D eigenvalue weighted by Gasteiger charge is -2.29. The Balaban J connectivity index is 0.00000145. The molecule has 0 saturated carbocycles. The number of para-hydroxylation sites is 4. The monoisotopic (exact) mass is 1170 g/mol. The molecule has 5 aromatic carbocycles. The van der Waals surface area contributed by atoms with Crippen LogP contribution >= 0.6 is 0 Å². The molecule has 454 valence electrons. The molecule has 0 unspecified atom stereocenters. The first kappa shape index (κ1) is 69.3. The van der Waals surface area contributed by atoms with Gasteiger partial charge in [-0.15, -0.1) is 0 Å². The van der Waals surface area contributed by atoms with Gasteiger partial charge in [-0.3, -0.25) is 43.2 Å². The van der Waals surface area contributed by atoms with Crippen LogP contribution in [0.2, 0.25) is 0 Å². The number of nitrogens with two attached hydrogens (primary N) is 3. The highest BCUT2D eigenvalue weighted by Crippen LogP contribution is 2.32. The highest BCUT2D eigenvalue weighted by atomic mass is 16.4. The number of pyridine rings is 2. The van der Waals surface area contributed by atoms with Gasteiger partial charge in [-0.05, 0) is 106 Å². The number of amides is 5. The molecule has 25 nitrogen and oxygen atoms in total. The fourth-order valence-electron chi connectivity index (χ4n) is 9.08. The fourth-order valence-corrected chi connectivity index (χ4v) is 9.08. The minimum absolute atomic E-state index is 0.0433. The number of hydrogen-bond donors (Lipinski definition) is 13. The maximum Gasteiger partial charge on any atom is 0.290 e. The van der Waals surface area contributed by atoms with E-state index < -0.39 is 41.8 Å². The van der Waals surface area contributed by atoms with Crippen molar-refractivity contribution in [3.05, 3.63) is 127 Å². The van der Waals surface area contributed by atoms with Crippen LogP contribution in [-0.2, 0) is 49.6 Å². The number of hydrogen-bond acceptors (Lipinski definition) is 16. The van der Waals surface area contributed by atoms with Crippen LogP contribution in [0.3, 0.4) is 0 Å². The average Bonchev–Trinajstić information content (AvgIpc) is 3.20. The summed E-state index contributed by atoms with van der Waals surface area (Å²) in [6.45, 7) is 0.413. The van der Waals surface area contributed by atoms with Gasteiger partial charge in [0.1, 0.15) is 23.9 Å². The Labute approximate surface area is 490 Å². The third-order valence-corrected chi connectivity index (χ3v) is 12.8. The number of primary amides is 1. The van der Waals surface area contributed by atoms with E-state index >= 15 is 0 Å². The van der Waals surface area contributed by atoms with Crippen LogP contribution in [0.4, 0.5) is 11.4 Å². The summed E-state index contributed by atoms with van der Waals surface area (Å²) in [5.41, 5.74) is 23.3. The number of anilines is 2. The minimum atomic E-state index is -1.11. The van der Waals surface area contributed by atoms with Gasteiger partial charge in [0, 0.05) is 54.0 Å². The summed E-state index contributed by atoms with van der Waals surface area (Å²) >= 11 is 0. The van der Waals surface area contributed by atoms with Crippen molar-refractivity contribution >= 4 is 110 Å². The summed E-state index contributed by atoms with van der Waals surface area (Å²) in [5, 5.41) is 57.1. The van der Waals surface area contributed by atoms with Crippen LogP contribution in [-0.4, -0.2) is 153 Å². The molecular weight excluding hydrogens is 1100 g/mol. The number of aromatic nitrogens is 2. The first-order chi connectivity index (χ1) is 41.2. The van der Waals surface area contributed by atoms with Crippen LogP contribution < -0.4 is 43.8 Å². The minimum Gasteiger partial charge on any atom is -0.508 e. The Morgan fingerprint density at radius 3 is 1.32 bits per heavy atom. The average molecular weight is 1170 g/mol. The maximum absolute atomic E-state index is 14.5. The molecule has 2 aromatic heterocycles. The van der Waals surface area contributed by atoms with Crippen molar-refractivity contribution in [3.63, 3.8) is 0 Å². The molecule has 0 aliphatic heterocycles. The lowest BCUT2D eigenvalue weighted by atomic mass is 10.0. The molecular formula is C60H75N11O14. The Bertz CT molecular complexity index is 3110. The van der Waals surface area contributed by atoms with Gasteiger partial charge in [-0.25, -0.2) is 9.97 Å². The summed E-state index contributed by atoms with van der Waals surface area (Å²) in [4.78, 5) is 114. The molecule has 0 radical (unpaired) electrons. The summed E-state index contributed by atoms with van der Waals surface area (Å²) < 4.78 is 0. The van der Waals surface area contributed by atoms with Crippen molar-refractivity contribution in [1.29, 1.82) is 0 Å². The van der Waals surface area contributed by atoms with Crippen LogP contribution in [0.25, 0.3) is 43.6 Å². The van der Waals surface area contributed by atoms with E-state index in [1.165, 1.54) is 17.0 Å². The van der Waals surface area contributed by atoms with E-state index in [-0.39, 0.29) is 76.3 Å². The van der Waals surface area contributed by atoms with E-state index in [0.29, 0.717) is 70.3 Å². The van der Waals surface area contributed by atoms with E-state index in [1.807, 2.05) is 97.1 Å². The third kappa shape index (κ3) is 23.4. The van der Waals surface area contributed by atoms with E-state index in [0.717, 1.165) is 55.0 Å². The van der Waals surface area contributed by atoms with E-state index in [4.69, 9.17) is 66.8 Å². The standard InChI is InChI=1S/C56H67N11O6.4CH2O2/c57-30-11-9-23-47(54(71)66-48(24-10-12-31-58)56(73)67(36-50(59)69)34-14-33-61-53-41-17-3-7-21-45(41)63-46-22-8-4-18-42(46)53)65-55(72)49(35-37-26-28-38(68)29-27-37)64-51(70)25-13-32-60-52-39-15-1-5-19-43(39)62-44-20-6-2-16-40(44)52;4*2-1-3/h1-8,15-22,26-29,47-49,68H,9-14,23-25,30-36,57-58H2,(H2,59,69)(H,60,62)(H,61,63)(H,64,70)(H,65,72)(H,66,71);4*1H,(H,2,3)/t47-,48-,49-;;;;/m0..../s1. The maximum atomic E-state index is 14.5. The van der Waals surface area contributed by atoms with Crippen molar-refractivity contribution in [1.82, 2.24) is 30.8 Å². The molecule has 0 bridgehead atoms. The van der Waals surface area contributed by atoms with Gasteiger partial charge in [0.05, 0.1) is 40.0 Å². The Hall–Kier alpha value is -10.0. The molecule has 85 heavy (non-hydrogen) atoms. The summed E-state index contributed by atoms with van der Waals surface area (Å²) in [5.74, 6) is -2.74. The number of rotatable bonds is 28. The zero-order valence-corrected chi connectivity index (χ0v) is 46.9. The number of carbonyl (C=O) groups is 9. The zero-order valence-electron chi connectivity index (χ0n) is 46.9. The van der Waals surface area contributed by atoms with Gasteiger partial charge in [-0.2, -0.15) is 0 Å². The number of carbonyl (C=O) groups excluding carboxylic acids is 5. The van der Waals surface area contributed by atoms with Crippen LogP contribution in [0, 0.1) is 0 Å². The Morgan fingerprint density at radius 1 is 0.506 bits per heavy atom. The van der Waals surface area contributed by atoms with Gasteiger partial charge in [-0.1, -0.05) is 84.9 Å². The smallest absolute Gasteiger partial charge is 0.290 e. The lowest BCUT2D eigenvalue weighted by Crippen LogP contribution is -2.57. The second kappa shape index (κ2) is 39.4. The zero-order chi connectivity index (χ0) is 62.4. The van der Waals surface area contributed by atoms with Gasteiger partial charge >= 0.3 is 0 Å². The second-order valence-corrected chi connectivity index (χ2v) is 18.7. The highest BCUT2D eigenvalue weighted by molar-refractivity contribution is 6.08. The molecule has 7 rings (SSSR count). The topological polar surface area (TPSA) is 422 Å². The molecule has 25 heteroatoms. The molecule has 2 heterocycles. The van der Waals surface area contributed by atoms with Crippen molar-refractivity contribution in [2.45, 2.75) is 82.3 Å². The molecule has 0 fully saturated rings. The number of nitrogens with one attached hydrogen (secondary N) is 5. The van der Waals surface area contributed by atoms with Crippen LogP contribution in [0.5, 0.6) is 5.75 Å². The second-order valence-electron chi connectivity index (χ2n) is 18.7. The van der Waals surface area contributed by atoms with Crippen molar-refractivity contribution in [3.8, 4) is 5.75 Å².